The molecule has 0 bridgehead atoms. The number of amides is 1. The van der Waals surface area contributed by atoms with Crippen molar-refractivity contribution in [1.29, 1.82) is 5.26 Å². The molecule has 168 valence electrons. The molecular formula is C24H21BrFN5O2. The van der Waals surface area contributed by atoms with Crippen molar-refractivity contribution in [3.63, 3.8) is 0 Å². The summed E-state index contributed by atoms with van der Waals surface area (Å²) in [6.07, 6.45) is 4.78. The van der Waals surface area contributed by atoms with Crippen molar-refractivity contribution in [1.82, 2.24) is 9.88 Å². The second kappa shape index (κ2) is 10.5. The summed E-state index contributed by atoms with van der Waals surface area (Å²) in [5, 5.41) is 16.3. The third kappa shape index (κ3) is 5.54. The molecule has 1 aromatic heterocycles. The van der Waals surface area contributed by atoms with Crippen molar-refractivity contribution in [2.24, 2.45) is 0 Å². The summed E-state index contributed by atoms with van der Waals surface area (Å²) in [4.78, 5) is 19.1. The second-order valence-corrected chi connectivity index (χ2v) is 8.27. The molecule has 0 saturated carbocycles. The summed E-state index contributed by atoms with van der Waals surface area (Å²) in [7, 11) is 0. The lowest BCUT2D eigenvalue weighted by atomic mass is 10.1. The minimum atomic E-state index is -0.382. The summed E-state index contributed by atoms with van der Waals surface area (Å²) in [5.41, 5.74) is 2.53. The summed E-state index contributed by atoms with van der Waals surface area (Å²) in [6, 6.07) is 12.0. The van der Waals surface area contributed by atoms with Crippen LogP contribution in [0.15, 0.2) is 59.2 Å². The van der Waals surface area contributed by atoms with Crippen molar-refractivity contribution < 1.29 is 13.9 Å². The first-order valence-electron chi connectivity index (χ1n) is 10.4. The number of carbonyl (C=O) groups excluding carboxylic acids is 1. The Labute approximate surface area is 199 Å². The topological polar surface area (TPSA) is 90.3 Å². The lowest BCUT2D eigenvalue weighted by Crippen LogP contribution is -2.36. The number of morpholine rings is 1. The fraction of sp³-hybridized carbons (Fsp3) is 0.208. The number of nitrogens with zero attached hydrogens (tertiary/aromatic N) is 3. The Kier molecular flexibility index (Phi) is 7.29. The van der Waals surface area contributed by atoms with Crippen LogP contribution >= 0.6 is 15.9 Å². The van der Waals surface area contributed by atoms with Gasteiger partial charge in [0.05, 0.1) is 40.1 Å². The van der Waals surface area contributed by atoms with E-state index in [1.54, 1.807) is 24.3 Å². The number of halogens is 2. The highest BCUT2D eigenvalue weighted by molar-refractivity contribution is 9.10. The van der Waals surface area contributed by atoms with E-state index >= 15 is 0 Å². The number of fused-ring (bicyclic) bond motifs is 1. The van der Waals surface area contributed by atoms with Gasteiger partial charge in [0.1, 0.15) is 11.9 Å². The Morgan fingerprint density at radius 3 is 2.88 bits per heavy atom. The third-order valence-corrected chi connectivity index (χ3v) is 5.81. The highest BCUT2D eigenvalue weighted by Crippen LogP contribution is 2.33. The van der Waals surface area contributed by atoms with Gasteiger partial charge < -0.3 is 15.4 Å². The van der Waals surface area contributed by atoms with Crippen LogP contribution in [0.1, 0.15) is 5.56 Å². The normalized spacial score (nSPS) is 14.3. The summed E-state index contributed by atoms with van der Waals surface area (Å²) < 4.78 is 19.2. The fourth-order valence-electron chi connectivity index (χ4n) is 3.53. The molecule has 2 aromatic carbocycles. The van der Waals surface area contributed by atoms with E-state index in [0.717, 1.165) is 13.1 Å². The van der Waals surface area contributed by atoms with Crippen LogP contribution in [0.5, 0.6) is 0 Å². The molecule has 0 aliphatic carbocycles. The molecule has 1 saturated heterocycles. The summed E-state index contributed by atoms with van der Waals surface area (Å²) in [6.45, 7) is 3.79. The van der Waals surface area contributed by atoms with Gasteiger partial charge in [-0.25, -0.2) is 4.39 Å². The predicted molar refractivity (Wildman–Crippen MR) is 129 cm³/mol. The number of hydrogen-bond acceptors (Lipinski definition) is 6. The Bertz CT molecular complexity index is 1250. The number of carbonyl (C=O) groups is 1. The average Bonchev–Trinajstić information content (AvgIpc) is 2.82. The van der Waals surface area contributed by atoms with Crippen LogP contribution in [-0.4, -0.2) is 48.6 Å². The number of ether oxygens (including phenoxy) is 1. The molecule has 33 heavy (non-hydrogen) atoms. The fourth-order valence-corrected chi connectivity index (χ4v) is 3.91. The van der Waals surface area contributed by atoms with Crippen LogP contribution in [-0.2, 0) is 9.53 Å². The van der Waals surface area contributed by atoms with Crippen LogP contribution in [0.2, 0.25) is 0 Å². The molecule has 1 aliphatic rings. The number of pyridine rings is 1. The molecule has 0 spiro atoms. The van der Waals surface area contributed by atoms with Gasteiger partial charge in [0.2, 0.25) is 5.91 Å². The molecule has 7 nitrogen and oxygen atoms in total. The number of anilines is 3. The Morgan fingerprint density at radius 1 is 1.30 bits per heavy atom. The number of nitrogens with one attached hydrogen (secondary N) is 2. The minimum absolute atomic E-state index is 0.265. The lowest BCUT2D eigenvalue weighted by molar-refractivity contribution is -0.111. The van der Waals surface area contributed by atoms with E-state index in [9.17, 15) is 14.4 Å². The summed E-state index contributed by atoms with van der Waals surface area (Å²) >= 11 is 3.17. The van der Waals surface area contributed by atoms with Crippen molar-refractivity contribution in [3.05, 3.63) is 70.6 Å². The van der Waals surface area contributed by atoms with Crippen molar-refractivity contribution >= 4 is 49.8 Å². The van der Waals surface area contributed by atoms with E-state index in [-0.39, 0.29) is 11.7 Å². The molecule has 4 rings (SSSR count). The largest absolute Gasteiger partial charge is 0.379 e. The zero-order chi connectivity index (χ0) is 23.2. The molecule has 9 heteroatoms. The number of para-hydroxylation sites is 1. The molecule has 0 atom stereocenters. The second-order valence-electron chi connectivity index (χ2n) is 7.42. The summed E-state index contributed by atoms with van der Waals surface area (Å²) in [5.74, 6) is -0.647. The van der Waals surface area contributed by atoms with Crippen LogP contribution in [0.3, 0.4) is 0 Å². The average molecular weight is 510 g/mol. The van der Waals surface area contributed by atoms with Gasteiger partial charge in [-0.2, -0.15) is 5.26 Å². The Hall–Kier alpha value is -3.32. The SMILES string of the molecule is N#Cc1cnc2c(NC(=O)C=CCN3CCOCC3)cccc2c1Nc1ccc(F)c(Br)c1. The van der Waals surface area contributed by atoms with Crippen molar-refractivity contribution in [2.45, 2.75) is 0 Å². The predicted octanol–water partition coefficient (Wildman–Crippen LogP) is 4.58. The number of aromatic nitrogens is 1. The van der Waals surface area contributed by atoms with Gasteiger partial charge in [-0.15, -0.1) is 0 Å². The van der Waals surface area contributed by atoms with Gasteiger partial charge in [0.25, 0.3) is 0 Å². The van der Waals surface area contributed by atoms with E-state index in [4.69, 9.17) is 4.74 Å². The number of hydrogen-bond donors (Lipinski definition) is 2. The molecule has 1 aliphatic heterocycles. The Balaban J connectivity index is 1.57. The maximum atomic E-state index is 13.6. The first kappa shape index (κ1) is 22.9. The van der Waals surface area contributed by atoms with Gasteiger partial charge in [-0.05, 0) is 40.2 Å². The van der Waals surface area contributed by atoms with Gasteiger partial charge >= 0.3 is 0 Å². The van der Waals surface area contributed by atoms with Gasteiger partial charge in [0, 0.05) is 43.0 Å². The zero-order valence-corrected chi connectivity index (χ0v) is 19.2. The number of benzene rings is 2. The molecule has 1 fully saturated rings. The van der Waals surface area contributed by atoms with Crippen LogP contribution in [0.25, 0.3) is 10.9 Å². The first-order valence-corrected chi connectivity index (χ1v) is 11.2. The highest BCUT2D eigenvalue weighted by atomic mass is 79.9. The van der Waals surface area contributed by atoms with Crippen LogP contribution < -0.4 is 10.6 Å². The quantitative estimate of drug-likeness (QED) is 0.472. The molecule has 0 unspecified atom stereocenters. The molecule has 2 N–H and O–H groups in total. The Morgan fingerprint density at radius 2 is 2.12 bits per heavy atom. The van der Waals surface area contributed by atoms with E-state index in [2.05, 4.69) is 42.5 Å². The maximum Gasteiger partial charge on any atom is 0.248 e. The highest BCUT2D eigenvalue weighted by Gasteiger charge is 2.14. The molecule has 0 radical (unpaired) electrons. The standard InChI is InChI=1S/C24H21BrFN5O2/c25-19-13-17(6-7-20(19)26)29-23-16(14-27)15-28-24-18(23)3-1-4-21(24)30-22(32)5-2-8-31-9-11-33-12-10-31/h1-7,13,15H,8-12H2,(H,28,29)(H,30,32). The van der Waals surface area contributed by atoms with E-state index in [0.29, 0.717) is 57.8 Å². The van der Waals surface area contributed by atoms with Crippen LogP contribution in [0, 0.1) is 17.1 Å². The van der Waals surface area contributed by atoms with E-state index in [1.807, 2.05) is 12.1 Å². The van der Waals surface area contributed by atoms with Crippen molar-refractivity contribution in [3.8, 4) is 6.07 Å². The van der Waals surface area contributed by atoms with E-state index in [1.165, 1.54) is 18.3 Å². The monoisotopic (exact) mass is 509 g/mol. The molecule has 1 amide bonds. The van der Waals surface area contributed by atoms with Crippen LogP contribution in [0.4, 0.5) is 21.5 Å². The van der Waals surface area contributed by atoms with Gasteiger partial charge in [-0.3, -0.25) is 14.7 Å². The molecule has 2 heterocycles. The molecular weight excluding hydrogens is 489 g/mol. The maximum absolute atomic E-state index is 13.6. The van der Waals surface area contributed by atoms with E-state index < -0.39 is 0 Å². The molecule has 3 aromatic rings. The first-order chi connectivity index (χ1) is 16.0. The number of rotatable bonds is 6. The van der Waals surface area contributed by atoms with Gasteiger partial charge in [0.15, 0.2) is 0 Å². The number of nitriles is 1. The van der Waals surface area contributed by atoms with Crippen molar-refractivity contribution in [2.75, 3.05) is 43.5 Å². The third-order valence-electron chi connectivity index (χ3n) is 5.20. The zero-order valence-electron chi connectivity index (χ0n) is 17.6. The smallest absolute Gasteiger partial charge is 0.248 e. The minimum Gasteiger partial charge on any atom is -0.379 e. The lowest BCUT2D eigenvalue weighted by Gasteiger charge is -2.25. The van der Waals surface area contributed by atoms with Gasteiger partial charge in [-0.1, -0.05) is 18.2 Å².